The summed E-state index contributed by atoms with van der Waals surface area (Å²) in [6, 6.07) is 0. The quantitative estimate of drug-likeness (QED) is 0.334. The van der Waals surface area contributed by atoms with E-state index in [4.69, 9.17) is 0 Å². The van der Waals surface area contributed by atoms with Crippen molar-refractivity contribution in [3.63, 3.8) is 0 Å². The molecule has 1 aliphatic rings. The van der Waals surface area contributed by atoms with Gasteiger partial charge in [0, 0.05) is 39.3 Å². The highest BCUT2D eigenvalue weighted by atomic mass is 15.0. The molecule has 0 saturated carbocycles. The average molecular weight is 300 g/mol. The minimum absolute atomic E-state index is 1.07. The smallest absolute Gasteiger partial charge is 0.00767 e. The Morgan fingerprint density at radius 3 is 0.619 bits per heavy atom. The zero-order valence-electron chi connectivity index (χ0n) is 13.6. The van der Waals surface area contributed by atoms with Crippen LogP contribution in [0, 0.1) is 0 Å². The van der Waals surface area contributed by atoms with Crippen molar-refractivity contribution in [2.45, 2.75) is 19.3 Å². The Kier molecular flexibility index (Phi) is 14.5. The molecule has 1 saturated heterocycles. The van der Waals surface area contributed by atoms with Crippen LogP contribution in [0.3, 0.4) is 0 Å². The lowest BCUT2D eigenvalue weighted by Gasteiger charge is -2.08. The molecular formula is C15H36N6. The molecule has 1 aliphatic heterocycles. The van der Waals surface area contributed by atoms with E-state index in [-0.39, 0.29) is 0 Å². The third-order valence-corrected chi connectivity index (χ3v) is 3.56. The van der Waals surface area contributed by atoms with Gasteiger partial charge in [0.25, 0.3) is 0 Å². The van der Waals surface area contributed by atoms with Crippen LogP contribution in [0.5, 0.6) is 0 Å². The first-order valence-corrected chi connectivity index (χ1v) is 8.74. The summed E-state index contributed by atoms with van der Waals surface area (Å²) in [6.07, 6.45) is 3.61. The molecule has 126 valence electrons. The minimum Gasteiger partial charge on any atom is -0.315 e. The predicted molar refractivity (Wildman–Crippen MR) is 91.1 cm³/mol. The van der Waals surface area contributed by atoms with Crippen LogP contribution in [0.1, 0.15) is 19.3 Å². The van der Waals surface area contributed by atoms with Crippen molar-refractivity contribution in [2.24, 2.45) is 0 Å². The molecule has 0 radical (unpaired) electrons. The fraction of sp³-hybridized carbons (Fsp3) is 1.00. The summed E-state index contributed by atoms with van der Waals surface area (Å²) < 4.78 is 0. The lowest BCUT2D eigenvalue weighted by molar-refractivity contribution is 0.552. The maximum absolute atomic E-state index is 3.47. The van der Waals surface area contributed by atoms with E-state index in [1.54, 1.807) is 0 Å². The second-order valence-corrected chi connectivity index (χ2v) is 5.56. The van der Waals surface area contributed by atoms with Gasteiger partial charge in [-0.05, 0) is 58.5 Å². The lowest BCUT2D eigenvalue weighted by Crippen LogP contribution is -2.32. The Balaban J connectivity index is 2.00. The first kappa shape index (κ1) is 18.8. The van der Waals surface area contributed by atoms with Crippen molar-refractivity contribution in [2.75, 3.05) is 78.5 Å². The van der Waals surface area contributed by atoms with Gasteiger partial charge in [-0.1, -0.05) is 0 Å². The normalized spacial score (nSPS) is 24.0. The molecule has 0 aromatic rings. The number of rotatable bonds is 0. The largest absolute Gasteiger partial charge is 0.315 e. The summed E-state index contributed by atoms with van der Waals surface area (Å²) in [4.78, 5) is 0. The lowest BCUT2D eigenvalue weighted by atomic mass is 10.4. The molecule has 0 aliphatic carbocycles. The first-order chi connectivity index (χ1) is 10.5. The van der Waals surface area contributed by atoms with Gasteiger partial charge in [-0.25, -0.2) is 0 Å². The zero-order valence-corrected chi connectivity index (χ0v) is 13.6. The van der Waals surface area contributed by atoms with Gasteiger partial charge in [0.15, 0.2) is 0 Å². The van der Waals surface area contributed by atoms with Gasteiger partial charge in [-0.15, -0.1) is 0 Å². The Bertz CT molecular complexity index is 110. The molecule has 6 heteroatoms. The standard InChI is InChI=1S/C15H36N6/c1-4-16-10-12-18-6-2-8-20-14-15-21-9-3-7-19-13-11-17-5-1/h16-21H,1-15H2. The predicted octanol–water partition coefficient (Wildman–Crippen LogP) is -1.29. The van der Waals surface area contributed by atoms with Crippen LogP contribution in [0.25, 0.3) is 0 Å². The maximum atomic E-state index is 3.47. The average Bonchev–Trinajstić information content (AvgIpc) is 2.50. The third-order valence-electron chi connectivity index (χ3n) is 3.56. The molecule has 6 nitrogen and oxygen atoms in total. The Hall–Kier alpha value is -0.240. The molecule has 0 atom stereocenters. The Morgan fingerprint density at radius 1 is 0.238 bits per heavy atom. The molecule has 0 amide bonds. The van der Waals surface area contributed by atoms with E-state index in [0.29, 0.717) is 0 Å². The van der Waals surface area contributed by atoms with E-state index < -0.39 is 0 Å². The molecule has 0 bridgehead atoms. The summed E-state index contributed by atoms with van der Waals surface area (Å²) in [6.45, 7) is 13.0. The van der Waals surface area contributed by atoms with Gasteiger partial charge < -0.3 is 31.9 Å². The van der Waals surface area contributed by atoms with Crippen LogP contribution < -0.4 is 31.9 Å². The van der Waals surface area contributed by atoms with E-state index in [2.05, 4.69) is 31.9 Å². The second kappa shape index (κ2) is 16.1. The summed E-state index contributed by atoms with van der Waals surface area (Å²) in [7, 11) is 0. The third kappa shape index (κ3) is 14.5. The van der Waals surface area contributed by atoms with Crippen LogP contribution in [-0.2, 0) is 0 Å². The van der Waals surface area contributed by atoms with Crippen molar-refractivity contribution in [3.8, 4) is 0 Å². The van der Waals surface area contributed by atoms with E-state index in [0.717, 1.165) is 78.5 Å². The topological polar surface area (TPSA) is 72.2 Å². The van der Waals surface area contributed by atoms with Gasteiger partial charge in [0.05, 0.1) is 0 Å². The van der Waals surface area contributed by atoms with Crippen LogP contribution in [0.2, 0.25) is 0 Å². The molecule has 0 aromatic heterocycles. The molecule has 0 unspecified atom stereocenters. The monoisotopic (exact) mass is 300 g/mol. The van der Waals surface area contributed by atoms with E-state index in [1.807, 2.05) is 0 Å². The number of hydrogen-bond donors (Lipinski definition) is 6. The van der Waals surface area contributed by atoms with Crippen molar-refractivity contribution in [1.29, 1.82) is 0 Å². The van der Waals surface area contributed by atoms with Gasteiger partial charge in [0.2, 0.25) is 0 Å². The summed E-state index contributed by atoms with van der Waals surface area (Å²) >= 11 is 0. The van der Waals surface area contributed by atoms with E-state index in [9.17, 15) is 0 Å². The number of hydrogen-bond acceptors (Lipinski definition) is 6. The maximum Gasteiger partial charge on any atom is 0.00767 e. The molecule has 1 fully saturated rings. The fourth-order valence-corrected chi connectivity index (χ4v) is 2.30. The van der Waals surface area contributed by atoms with E-state index in [1.165, 1.54) is 19.3 Å². The second-order valence-electron chi connectivity index (χ2n) is 5.56. The van der Waals surface area contributed by atoms with Gasteiger partial charge in [-0.3, -0.25) is 0 Å². The van der Waals surface area contributed by atoms with Crippen LogP contribution in [0.15, 0.2) is 0 Å². The van der Waals surface area contributed by atoms with Crippen LogP contribution in [-0.4, -0.2) is 78.5 Å². The first-order valence-electron chi connectivity index (χ1n) is 8.74. The Labute approximate surface area is 130 Å². The van der Waals surface area contributed by atoms with Crippen molar-refractivity contribution >= 4 is 0 Å². The van der Waals surface area contributed by atoms with Crippen molar-refractivity contribution < 1.29 is 0 Å². The summed E-state index contributed by atoms with van der Waals surface area (Å²) in [5.41, 5.74) is 0. The minimum atomic E-state index is 1.07. The molecule has 6 N–H and O–H groups in total. The molecule has 0 spiro atoms. The van der Waals surface area contributed by atoms with Crippen LogP contribution in [0.4, 0.5) is 0 Å². The molecule has 1 rings (SSSR count). The van der Waals surface area contributed by atoms with Crippen LogP contribution >= 0.6 is 0 Å². The molecule has 0 aromatic carbocycles. The number of nitrogens with one attached hydrogen (secondary N) is 6. The molecule has 1 heterocycles. The van der Waals surface area contributed by atoms with Crippen molar-refractivity contribution in [3.05, 3.63) is 0 Å². The molecular weight excluding hydrogens is 264 g/mol. The molecule has 21 heavy (non-hydrogen) atoms. The highest BCUT2D eigenvalue weighted by Gasteiger charge is 1.93. The van der Waals surface area contributed by atoms with Gasteiger partial charge in [0.1, 0.15) is 0 Å². The SMILES string of the molecule is C1CNCCNCCCNCCNCCCNCCNC1. The van der Waals surface area contributed by atoms with Gasteiger partial charge >= 0.3 is 0 Å². The van der Waals surface area contributed by atoms with E-state index >= 15 is 0 Å². The fourth-order valence-electron chi connectivity index (χ4n) is 2.30. The highest BCUT2D eigenvalue weighted by Crippen LogP contribution is 1.77. The zero-order chi connectivity index (χ0) is 14.8. The van der Waals surface area contributed by atoms with Gasteiger partial charge in [-0.2, -0.15) is 0 Å². The van der Waals surface area contributed by atoms with Crippen molar-refractivity contribution in [1.82, 2.24) is 31.9 Å². The Morgan fingerprint density at radius 2 is 0.429 bits per heavy atom. The summed E-state index contributed by atoms with van der Waals surface area (Å²) in [5, 5.41) is 20.8. The highest BCUT2D eigenvalue weighted by molar-refractivity contribution is 4.59. The summed E-state index contributed by atoms with van der Waals surface area (Å²) in [5.74, 6) is 0.